The van der Waals surface area contributed by atoms with Crippen LogP contribution in [0, 0.1) is 5.41 Å². The second-order valence-electron chi connectivity index (χ2n) is 6.58. The summed E-state index contributed by atoms with van der Waals surface area (Å²) in [5.74, 6) is 1.53. The molecule has 19 heavy (non-hydrogen) atoms. The van der Waals surface area contributed by atoms with Crippen molar-refractivity contribution in [3.8, 4) is 0 Å². The van der Waals surface area contributed by atoms with Crippen LogP contribution in [-0.2, 0) is 0 Å². The zero-order valence-electron chi connectivity index (χ0n) is 11.7. The summed E-state index contributed by atoms with van der Waals surface area (Å²) in [6, 6.07) is 0.233. The van der Waals surface area contributed by atoms with Gasteiger partial charge in [-0.3, -0.25) is 9.89 Å². The van der Waals surface area contributed by atoms with Gasteiger partial charge in [0, 0.05) is 12.0 Å². The number of aromatic amines is 1. The van der Waals surface area contributed by atoms with Crippen LogP contribution in [0.5, 0.6) is 0 Å². The van der Waals surface area contributed by atoms with Crippen LogP contribution < -0.4 is 5.32 Å². The SMILES string of the molecule is CC1(C)CCCCC1NC(=O)c1n[nH]c(C2CC2)n1. The first-order valence-corrected chi connectivity index (χ1v) is 7.29. The summed E-state index contributed by atoms with van der Waals surface area (Å²) in [5, 5.41) is 10.0. The summed E-state index contributed by atoms with van der Waals surface area (Å²) in [6.45, 7) is 4.45. The molecule has 1 unspecified atom stereocenters. The molecule has 2 saturated carbocycles. The van der Waals surface area contributed by atoms with Gasteiger partial charge in [-0.15, -0.1) is 5.10 Å². The number of nitrogens with one attached hydrogen (secondary N) is 2. The van der Waals surface area contributed by atoms with Gasteiger partial charge in [0.1, 0.15) is 5.82 Å². The maximum absolute atomic E-state index is 12.2. The van der Waals surface area contributed by atoms with Gasteiger partial charge in [-0.05, 0) is 31.1 Å². The second kappa shape index (κ2) is 4.62. The maximum atomic E-state index is 12.2. The van der Waals surface area contributed by atoms with Crippen LogP contribution in [0.3, 0.4) is 0 Å². The van der Waals surface area contributed by atoms with Crippen LogP contribution >= 0.6 is 0 Å². The number of rotatable bonds is 3. The molecule has 1 atom stereocenters. The molecule has 2 fully saturated rings. The van der Waals surface area contributed by atoms with Gasteiger partial charge in [0.25, 0.3) is 5.91 Å². The highest BCUT2D eigenvalue weighted by molar-refractivity contribution is 5.90. The molecule has 104 valence electrons. The van der Waals surface area contributed by atoms with Crippen molar-refractivity contribution in [2.75, 3.05) is 0 Å². The van der Waals surface area contributed by atoms with E-state index >= 15 is 0 Å². The highest BCUT2D eigenvalue weighted by Gasteiger charge is 2.34. The Kier molecular flexibility index (Phi) is 3.07. The van der Waals surface area contributed by atoms with E-state index in [9.17, 15) is 4.79 Å². The Hall–Kier alpha value is -1.39. The molecule has 0 bridgehead atoms. The minimum absolute atomic E-state index is 0.136. The third-order valence-corrected chi connectivity index (χ3v) is 4.48. The predicted octanol–water partition coefficient (Wildman–Crippen LogP) is 2.38. The molecule has 2 aliphatic carbocycles. The molecule has 1 aromatic heterocycles. The van der Waals surface area contributed by atoms with Crippen molar-refractivity contribution in [2.24, 2.45) is 5.41 Å². The lowest BCUT2D eigenvalue weighted by Gasteiger charge is -2.38. The third-order valence-electron chi connectivity index (χ3n) is 4.48. The Labute approximate surface area is 113 Å². The van der Waals surface area contributed by atoms with E-state index < -0.39 is 0 Å². The fourth-order valence-electron chi connectivity index (χ4n) is 2.90. The number of amides is 1. The lowest BCUT2D eigenvalue weighted by Crippen LogP contribution is -2.47. The predicted molar refractivity (Wildman–Crippen MR) is 71.9 cm³/mol. The Balaban J connectivity index is 1.66. The van der Waals surface area contributed by atoms with Crippen molar-refractivity contribution in [1.82, 2.24) is 20.5 Å². The zero-order chi connectivity index (χ0) is 13.5. The smallest absolute Gasteiger partial charge is 0.291 e. The van der Waals surface area contributed by atoms with Crippen LogP contribution in [-0.4, -0.2) is 27.1 Å². The monoisotopic (exact) mass is 262 g/mol. The first-order valence-electron chi connectivity index (χ1n) is 7.29. The zero-order valence-corrected chi connectivity index (χ0v) is 11.7. The molecule has 1 aromatic rings. The first-order chi connectivity index (χ1) is 9.06. The summed E-state index contributed by atoms with van der Waals surface area (Å²) in [7, 11) is 0. The van der Waals surface area contributed by atoms with Gasteiger partial charge in [-0.1, -0.05) is 26.7 Å². The molecule has 2 N–H and O–H groups in total. The van der Waals surface area contributed by atoms with E-state index in [1.807, 2.05) is 0 Å². The van der Waals surface area contributed by atoms with E-state index in [0.717, 1.165) is 25.1 Å². The van der Waals surface area contributed by atoms with Gasteiger partial charge in [0.05, 0.1) is 0 Å². The molecular formula is C14H22N4O. The molecule has 3 rings (SSSR count). The van der Waals surface area contributed by atoms with Crippen LogP contribution in [0.25, 0.3) is 0 Å². The summed E-state index contributed by atoms with van der Waals surface area (Å²) in [4.78, 5) is 16.5. The Morgan fingerprint density at radius 1 is 1.32 bits per heavy atom. The Bertz CT molecular complexity index is 476. The van der Waals surface area contributed by atoms with E-state index in [1.54, 1.807) is 0 Å². The number of carbonyl (C=O) groups is 1. The molecule has 5 nitrogen and oxygen atoms in total. The quantitative estimate of drug-likeness (QED) is 0.878. The summed E-state index contributed by atoms with van der Waals surface area (Å²) in [6.07, 6.45) is 6.98. The highest BCUT2D eigenvalue weighted by Crippen LogP contribution is 2.38. The molecule has 0 saturated heterocycles. The number of H-pyrrole nitrogens is 1. The van der Waals surface area contributed by atoms with Crippen molar-refractivity contribution >= 4 is 5.91 Å². The number of hydrogen-bond acceptors (Lipinski definition) is 3. The summed E-state index contributed by atoms with van der Waals surface area (Å²) >= 11 is 0. The topological polar surface area (TPSA) is 70.7 Å². The fraction of sp³-hybridized carbons (Fsp3) is 0.786. The van der Waals surface area contributed by atoms with Crippen molar-refractivity contribution in [3.05, 3.63) is 11.6 Å². The van der Waals surface area contributed by atoms with E-state index in [2.05, 4.69) is 34.3 Å². The minimum atomic E-state index is -0.136. The van der Waals surface area contributed by atoms with Crippen LogP contribution in [0.15, 0.2) is 0 Å². The Morgan fingerprint density at radius 3 is 2.79 bits per heavy atom. The molecule has 1 heterocycles. The molecular weight excluding hydrogens is 240 g/mol. The minimum Gasteiger partial charge on any atom is -0.346 e. The average Bonchev–Trinajstić information content (AvgIpc) is 3.09. The molecule has 2 aliphatic rings. The number of nitrogens with zero attached hydrogens (tertiary/aromatic N) is 2. The van der Waals surface area contributed by atoms with Gasteiger partial charge in [-0.25, -0.2) is 4.98 Å². The van der Waals surface area contributed by atoms with Crippen LogP contribution in [0.1, 0.15) is 74.7 Å². The van der Waals surface area contributed by atoms with Crippen LogP contribution in [0.2, 0.25) is 0 Å². The fourth-order valence-corrected chi connectivity index (χ4v) is 2.90. The van der Waals surface area contributed by atoms with Crippen molar-refractivity contribution in [3.63, 3.8) is 0 Å². The Morgan fingerprint density at radius 2 is 2.11 bits per heavy atom. The second-order valence-corrected chi connectivity index (χ2v) is 6.58. The first kappa shape index (κ1) is 12.6. The highest BCUT2D eigenvalue weighted by atomic mass is 16.2. The van der Waals surface area contributed by atoms with E-state index in [0.29, 0.717) is 11.7 Å². The van der Waals surface area contributed by atoms with Crippen molar-refractivity contribution < 1.29 is 4.79 Å². The van der Waals surface area contributed by atoms with Gasteiger partial charge in [0.15, 0.2) is 0 Å². The van der Waals surface area contributed by atoms with E-state index in [1.165, 1.54) is 19.3 Å². The van der Waals surface area contributed by atoms with E-state index in [-0.39, 0.29) is 17.4 Å². The molecule has 0 aliphatic heterocycles. The standard InChI is InChI=1S/C14H22N4O/c1-14(2)8-4-3-5-10(14)15-13(19)12-16-11(17-18-12)9-6-7-9/h9-10H,3-8H2,1-2H3,(H,15,19)(H,16,17,18). The molecule has 0 spiro atoms. The average molecular weight is 262 g/mol. The number of hydrogen-bond donors (Lipinski definition) is 2. The van der Waals surface area contributed by atoms with Gasteiger partial charge in [0.2, 0.25) is 5.82 Å². The van der Waals surface area contributed by atoms with Crippen molar-refractivity contribution in [1.29, 1.82) is 0 Å². The maximum Gasteiger partial charge on any atom is 0.291 e. The number of carbonyl (C=O) groups excluding carboxylic acids is 1. The molecule has 0 radical (unpaired) electrons. The molecule has 5 heteroatoms. The lowest BCUT2D eigenvalue weighted by molar-refractivity contribution is 0.0843. The lowest BCUT2D eigenvalue weighted by atomic mass is 9.73. The number of aromatic nitrogens is 3. The summed E-state index contributed by atoms with van der Waals surface area (Å²) < 4.78 is 0. The van der Waals surface area contributed by atoms with Crippen LogP contribution in [0.4, 0.5) is 0 Å². The summed E-state index contributed by atoms with van der Waals surface area (Å²) in [5.41, 5.74) is 0.170. The normalized spacial score (nSPS) is 26.1. The van der Waals surface area contributed by atoms with Gasteiger partial charge in [-0.2, -0.15) is 0 Å². The largest absolute Gasteiger partial charge is 0.346 e. The van der Waals surface area contributed by atoms with Crippen molar-refractivity contribution in [2.45, 2.75) is 64.3 Å². The third kappa shape index (κ3) is 2.65. The molecule has 0 aromatic carbocycles. The van der Waals surface area contributed by atoms with E-state index in [4.69, 9.17) is 0 Å². The molecule has 1 amide bonds. The van der Waals surface area contributed by atoms with Gasteiger partial charge >= 0.3 is 0 Å². The van der Waals surface area contributed by atoms with Gasteiger partial charge < -0.3 is 5.32 Å².